The largest absolute Gasteiger partial charge is 0.360 e. The van der Waals surface area contributed by atoms with Gasteiger partial charge >= 0.3 is 0 Å². The molecular weight excluding hydrogens is 272 g/mol. The SMILES string of the molecule is Cc1c(Br)cnc2c1CC(=S)C(C)(C)N2. The molecule has 2 rings (SSSR count). The van der Waals surface area contributed by atoms with Crippen LogP contribution in [0.5, 0.6) is 0 Å². The van der Waals surface area contributed by atoms with Crippen molar-refractivity contribution in [1.82, 2.24) is 4.98 Å². The molecule has 2 nitrogen and oxygen atoms in total. The highest BCUT2D eigenvalue weighted by molar-refractivity contribution is 9.10. The van der Waals surface area contributed by atoms with Crippen LogP contribution in [0.1, 0.15) is 25.0 Å². The van der Waals surface area contributed by atoms with E-state index in [1.807, 2.05) is 6.20 Å². The molecule has 0 bridgehead atoms. The molecule has 0 fully saturated rings. The number of rotatable bonds is 0. The highest BCUT2D eigenvalue weighted by Gasteiger charge is 2.31. The molecular formula is C11H13BrN2S. The van der Waals surface area contributed by atoms with Gasteiger partial charge in [-0.2, -0.15) is 0 Å². The zero-order valence-corrected chi connectivity index (χ0v) is 11.4. The Morgan fingerprint density at radius 2 is 2.20 bits per heavy atom. The average Bonchev–Trinajstić information content (AvgIpc) is 2.15. The van der Waals surface area contributed by atoms with Gasteiger partial charge in [-0.3, -0.25) is 0 Å². The molecule has 1 aromatic rings. The summed E-state index contributed by atoms with van der Waals surface area (Å²) in [6, 6.07) is 0. The quantitative estimate of drug-likeness (QED) is 0.741. The van der Waals surface area contributed by atoms with E-state index in [0.29, 0.717) is 0 Å². The predicted octanol–water partition coefficient (Wildman–Crippen LogP) is 3.27. The number of hydrogen-bond donors (Lipinski definition) is 1. The van der Waals surface area contributed by atoms with Crippen molar-refractivity contribution in [3.63, 3.8) is 0 Å². The Hall–Kier alpha value is -0.480. The molecule has 0 aromatic carbocycles. The van der Waals surface area contributed by atoms with Gasteiger partial charge in [0, 0.05) is 27.5 Å². The first-order valence-corrected chi connectivity index (χ1v) is 6.07. The van der Waals surface area contributed by atoms with Gasteiger partial charge in [0.1, 0.15) is 5.82 Å². The molecule has 0 saturated carbocycles. The summed E-state index contributed by atoms with van der Waals surface area (Å²) in [6.45, 7) is 6.28. The van der Waals surface area contributed by atoms with Gasteiger partial charge in [0.15, 0.2) is 0 Å². The van der Waals surface area contributed by atoms with Crippen molar-refractivity contribution in [2.75, 3.05) is 5.32 Å². The van der Waals surface area contributed by atoms with E-state index in [2.05, 4.69) is 47.0 Å². The van der Waals surface area contributed by atoms with Crippen LogP contribution in [0.4, 0.5) is 5.82 Å². The number of pyridine rings is 1. The molecule has 0 spiro atoms. The van der Waals surface area contributed by atoms with Crippen molar-refractivity contribution in [2.45, 2.75) is 32.7 Å². The van der Waals surface area contributed by atoms with Gasteiger partial charge < -0.3 is 5.32 Å². The number of aromatic nitrogens is 1. The smallest absolute Gasteiger partial charge is 0.130 e. The molecule has 0 unspecified atom stereocenters. The van der Waals surface area contributed by atoms with Crippen LogP contribution in [0.15, 0.2) is 10.7 Å². The van der Waals surface area contributed by atoms with Gasteiger partial charge in [0.2, 0.25) is 0 Å². The van der Waals surface area contributed by atoms with Gasteiger partial charge in [-0.25, -0.2) is 4.98 Å². The second kappa shape index (κ2) is 3.52. The summed E-state index contributed by atoms with van der Waals surface area (Å²) >= 11 is 8.90. The van der Waals surface area contributed by atoms with Crippen LogP contribution in [0.25, 0.3) is 0 Å². The van der Waals surface area contributed by atoms with Crippen LogP contribution >= 0.6 is 28.1 Å². The fourth-order valence-corrected chi connectivity index (χ4v) is 2.23. The highest BCUT2D eigenvalue weighted by Crippen LogP contribution is 2.32. The maximum absolute atomic E-state index is 5.42. The fraction of sp³-hybridized carbons (Fsp3) is 0.455. The van der Waals surface area contributed by atoms with E-state index in [0.717, 1.165) is 21.6 Å². The second-order valence-corrected chi connectivity index (χ2v) is 5.76. The Labute approximate surface area is 104 Å². The Bertz CT molecular complexity index is 440. The zero-order chi connectivity index (χ0) is 11.2. The molecule has 1 aromatic heterocycles. The molecule has 80 valence electrons. The first-order valence-electron chi connectivity index (χ1n) is 4.87. The van der Waals surface area contributed by atoms with E-state index in [9.17, 15) is 0 Å². The molecule has 1 aliphatic heterocycles. The lowest BCUT2D eigenvalue weighted by molar-refractivity contribution is 0.734. The highest BCUT2D eigenvalue weighted by atomic mass is 79.9. The third-order valence-electron chi connectivity index (χ3n) is 2.87. The van der Waals surface area contributed by atoms with Crippen molar-refractivity contribution in [3.05, 3.63) is 21.8 Å². The molecule has 0 aliphatic carbocycles. The standard InChI is InChI=1S/C11H13BrN2S/c1-6-7-4-9(15)11(2,3)14-10(7)13-5-8(6)12/h5H,4H2,1-3H3,(H,13,14). The van der Waals surface area contributed by atoms with E-state index in [1.165, 1.54) is 11.1 Å². The van der Waals surface area contributed by atoms with Crippen LogP contribution < -0.4 is 5.32 Å². The van der Waals surface area contributed by atoms with Crippen LogP contribution in [-0.2, 0) is 6.42 Å². The average molecular weight is 285 g/mol. The lowest BCUT2D eigenvalue weighted by Crippen LogP contribution is -2.44. The summed E-state index contributed by atoms with van der Waals surface area (Å²) in [7, 11) is 0. The maximum atomic E-state index is 5.42. The number of fused-ring (bicyclic) bond motifs is 1. The number of anilines is 1. The summed E-state index contributed by atoms with van der Waals surface area (Å²) in [5.74, 6) is 0.967. The molecule has 0 saturated heterocycles. The summed E-state index contributed by atoms with van der Waals surface area (Å²) in [4.78, 5) is 5.43. The minimum Gasteiger partial charge on any atom is -0.360 e. The fourth-order valence-electron chi connectivity index (χ4n) is 1.69. The monoisotopic (exact) mass is 284 g/mol. The van der Waals surface area contributed by atoms with E-state index in [1.54, 1.807) is 0 Å². The van der Waals surface area contributed by atoms with Gasteiger partial charge in [0.25, 0.3) is 0 Å². The zero-order valence-electron chi connectivity index (χ0n) is 9.02. The molecule has 1 aliphatic rings. The molecule has 1 N–H and O–H groups in total. The number of hydrogen-bond acceptors (Lipinski definition) is 3. The lowest BCUT2D eigenvalue weighted by atomic mass is 9.89. The van der Waals surface area contributed by atoms with Crippen LogP contribution in [0.3, 0.4) is 0 Å². The topological polar surface area (TPSA) is 24.9 Å². The third-order valence-corrected chi connectivity index (χ3v) is 4.32. The van der Waals surface area contributed by atoms with E-state index < -0.39 is 0 Å². The predicted molar refractivity (Wildman–Crippen MR) is 70.7 cm³/mol. The number of thiocarbonyl (C=S) groups is 1. The normalized spacial score (nSPS) is 18.3. The van der Waals surface area contributed by atoms with Crippen LogP contribution in [-0.4, -0.2) is 15.4 Å². The van der Waals surface area contributed by atoms with Crippen LogP contribution in [0.2, 0.25) is 0 Å². The molecule has 0 amide bonds. The Kier molecular flexibility index (Phi) is 2.59. The van der Waals surface area contributed by atoms with Crippen molar-refractivity contribution in [1.29, 1.82) is 0 Å². The lowest BCUT2D eigenvalue weighted by Gasteiger charge is -2.34. The Balaban J connectivity index is 2.55. The van der Waals surface area contributed by atoms with Gasteiger partial charge in [-0.15, -0.1) is 0 Å². The summed E-state index contributed by atoms with van der Waals surface area (Å²) in [5, 5.41) is 3.38. The van der Waals surface area contributed by atoms with Gasteiger partial charge in [-0.1, -0.05) is 12.2 Å². The Morgan fingerprint density at radius 3 is 2.87 bits per heavy atom. The molecule has 0 atom stereocenters. The summed E-state index contributed by atoms with van der Waals surface area (Å²) in [6.07, 6.45) is 2.68. The molecule has 2 heterocycles. The summed E-state index contributed by atoms with van der Waals surface area (Å²) < 4.78 is 1.05. The Morgan fingerprint density at radius 1 is 1.53 bits per heavy atom. The minimum atomic E-state index is -0.129. The number of nitrogens with zero attached hydrogens (tertiary/aromatic N) is 1. The third kappa shape index (κ3) is 1.81. The van der Waals surface area contributed by atoms with Gasteiger partial charge in [-0.05, 0) is 42.3 Å². The van der Waals surface area contributed by atoms with Gasteiger partial charge in [0.05, 0.1) is 5.54 Å². The second-order valence-electron chi connectivity index (χ2n) is 4.41. The first-order chi connectivity index (χ1) is 6.92. The van der Waals surface area contributed by atoms with Crippen molar-refractivity contribution in [3.8, 4) is 0 Å². The minimum absolute atomic E-state index is 0.129. The van der Waals surface area contributed by atoms with E-state index >= 15 is 0 Å². The molecule has 15 heavy (non-hydrogen) atoms. The van der Waals surface area contributed by atoms with E-state index in [4.69, 9.17) is 12.2 Å². The van der Waals surface area contributed by atoms with E-state index in [-0.39, 0.29) is 5.54 Å². The van der Waals surface area contributed by atoms with Crippen molar-refractivity contribution >= 4 is 38.8 Å². The molecule has 0 radical (unpaired) electrons. The summed E-state index contributed by atoms with van der Waals surface area (Å²) in [5.41, 5.74) is 2.31. The number of halogens is 1. The van der Waals surface area contributed by atoms with Crippen molar-refractivity contribution < 1.29 is 0 Å². The first kappa shape index (κ1) is 11.0. The number of nitrogens with one attached hydrogen (secondary N) is 1. The van der Waals surface area contributed by atoms with Crippen molar-refractivity contribution in [2.24, 2.45) is 0 Å². The van der Waals surface area contributed by atoms with Crippen LogP contribution in [0, 0.1) is 6.92 Å². The maximum Gasteiger partial charge on any atom is 0.130 e. The molecule has 4 heteroatoms.